The summed E-state index contributed by atoms with van der Waals surface area (Å²) in [5, 5.41) is 17.8. The van der Waals surface area contributed by atoms with Crippen molar-refractivity contribution in [2.45, 2.75) is 45.3 Å². The number of ether oxygens (including phenoxy) is 2. The molecule has 0 spiro atoms. The van der Waals surface area contributed by atoms with E-state index in [0.29, 0.717) is 29.1 Å². The van der Waals surface area contributed by atoms with Gasteiger partial charge in [0.2, 0.25) is 0 Å². The van der Waals surface area contributed by atoms with Crippen LogP contribution in [0.4, 0.5) is 10.5 Å². The summed E-state index contributed by atoms with van der Waals surface area (Å²) in [6.07, 6.45) is 4.00. The molecular weight excluding hydrogens is 444 g/mol. The highest BCUT2D eigenvalue weighted by Crippen LogP contribution is 2.43. The molecule has 1 aliphatic rings. The van der Waals surface area contributed by atoms with Gasteiger partial charge in [-0.15, -0.1) is 0 Å². The Morgan fingerprint density at radius 2 is 1.97 bits per heavy atom. The molecule has 1 aliphatic carbocycles. The van der Waals surface area contributed by atoms with Crippen LogP contribution in [0.15, 0.2) is 48.8 Å². The molecular formula is C26H26N6O3. The minimum atomic E-state index is -0.496. The minimum absolute atomic E-state index is 0.201. The Kier molecular flexibility index (Phi) is 5.87. The average Bonchev–Trinajstić information content (AvgIpc) is 3.33. The normalized spacial score (nSPS) is 13.5. The van der Waals surface area contributed by atoms with Crippen LogP contribution in [0, 0.1) is 11.3 Å². The summed E-state index contributed by atoms with van der Waals surface area (Å²) < 4.78 is 14.9. The van der Waals surface area contributed by atoms with Crippen molar-refractivity contribution in [3.63, 3.8) is 0 Å². The van der Waals surface area contributed by atoms with Crippen LogP contribution in [-0.2, 0) is 11.8 Å². The van der Waals surface area contributed by atoms with Gasteiger partial charge in [-0.05, 0) is 62.9 Å². The first-order valence-electron chi connectivity index (χ1n) is 11.6. The number of carbonyl (C=O) groups excluding carboxylic acids is 1. The summed E-state index contributed by atoms with van der Waals surface area (Å²) in [6.45, 7) is 3.60. The lowest BCUT2D eigenvalue weighted by Gasteiger charge is -2.30. The van der Waals surface area contributed by atoms with Gasteiger partial charge in [-0.1, -0.05) is 12.1 Å². The fraction of sp³-hybridized carbons (Fsp3) is 0.308. The third-order valence-corrected chi connectivity index (χ3v) is 6.15. The Morgan fingerprint density at radius 1 is 1.20 bits per heavy atom. The summed E-state index contributed by atoms with van der Waals surface area (Å²) in [7, 11) is 1.77. The monoisotopic (exact) mass is 470 g/mol. The maximum atomic E-state index is 11.9. The summed E-state index contributed by atoms with van der Waals surface area (Å²) in [5.74, 6) is 0.630. The van der Waals surface area contributed by atoms with Crippen molar-refractivity contribution in [2.75, 3.05) is 5.32 Å². The largest absolute Gasteiger partial charge is 0.447 e. The minimum Gasteiger partial charge on any atom is -0.447 e. The molecule has 1 fully saturated rings. The lowest BCUT2D eigenvalue weighted by Crippen LogP contribution is -2.18. The van der Waals surface area contributed by atoms with Crippen LogP contribution < -0.4 is 10.1 Å². The molecule has 1 saturated carbocycles. The zero-order chi connectivity index (χ0) is 24.5. The lowest BCUT2D eigenvalue weighted by molar-refractivity contribution is 0.130. The second-order valence-corrected chi connectivity index (χ2v) is 8.89. The number of carbonyl (C=O) groups is 1. The van der Waals surface area contributed by atoms with Crippen molar-refractivity contribution in [3.05, 3.63) is 54.4 Å². The van der Waals surface area contributed by atoms with Gasteiger partial charge in [0.1, 0.15) is 18.1 Å². The Balaban J connectivity index is 1.56. The van der Waals surface area contributed by atoms with Crippen LogP contribution >= 0.6 is 0 Å². The second kappa shape index (κ2) is 9.14. The topological polar surface area (TPSA) is 107 Å². The van der Waals surface area contributed by atoms with Crippen LogP contribution in [0.25, 0.3) is 22.2 Å². The van der Waals surface area contributed by atoms with Gasteiger partial charge in [-0.3, -0.25) is 5.32 Å². The quantitative estimate of drug-likeness (QED) is 0.383. The van der Waals surface area contributed by atoms with Crippen LogP contribution in [-0.4, -0.2) is 31.5 Å². The predicted octanol–water partition coefficient (Wildman–Crippen LogP) is 5.78. The number of nitrogens with one attached hydrogen (secondary N) is 1. The highest BCUT2D eigenvalue weighted by atomic mass is 16.6. The number of rotatable bonds is 6. The van der Waals surface area contributed by atoms with Gasteiger partial charge in [0.25, 0.3) is 0 Å². The first-order chi connectivity index (χ1) is 16.9. The highest BCUT2D eigenvalue weighted by molar-refractivity contribution is 5.96. The summed E-state index contributed by atoms with van der Waals surface area (Å²) in [6, 6.07) is 16.4. The van der Waals surface area contributed by atoms with E-state index in [1.54, 1.807) is 25.6 Å². The number of fused-ring (bicyclic) bond motifs is 1. The van der Waals surface area contributed by atoms with Gasteiger partial charge in [0, 0.05) is 30.2 Å². The van der Waals surface area contributed by atoms with Gasteiger partial charge in [0.15, 0.2) is 0 Å². The second-order valence-electron chi connectivity index (χ2n) is 8.89. The molecule has 1 amide bonds. The summed E-state index contributed by atoms with van der Waals surface area (Å²) in [5.41, 5.74) is 3.98. The van der Waals surface area contributed by atoms with E-state index in [1.807, 2.05) is 42.5 Å². The van der Waals surface area contributed by atoms with Crippen LogP contribution in [0.3, 0.4) is 0 Å². The standard InChI is InChI=1S/C26H26N6O3/c1-16(2)34-26(33)30-18-9-7-17(8-10-18)24-22(14-27)21-12-11-20(35-25-28-15-29-31(25)3)13-23(21)32(24)19-5-4-6-19/h7-13,15-16,19H,4-6H2,1-3H3,(H,30,33). The van der Waals surface area contributed by atoms with Crippen molar-refractivity contribution >= 4 is 22.7 Å². The first kappa shape index (κ1) is 22.5. The molecule has 9 nitrogen and oxygen atoms in total. The number of aromatic nitrogens is 4. The van der Waals surface area contributed by atoms with E-state index in [0.717, 1.165) is 41.4 Å². The van der Waals surface area contributed by atoms with Crippen molar-refractivity contribution in [2.24, 2.45) is 7.05 Å². The number of anilines is 1. The molecule has 4 aromatic rings. The van der Waals surface area contributed by atoms with Crippen molar-refractivity contribution in [1.29, 1.82) is 5.26 Å². The number of nitrogens with zero attached hydrogens (tertiary/aromatic N) is 5. The maximum absolute atomic E-state index is 11.9. The predicted molar refractivity (Wildman–Crippen MR) is 131 cm³/mol. The lowest BCUT2D eigenvalue weighted by atomic mass is 9.92. The van der Waals surface area contributed by atoms with Crippen molar-refractivity contribution in [3.8, 4) is 29.1 Å². The molecule has 1 N–H and O–H groups in total. The molecule has 0 radical (unpaired) electrons. The molecule has 5 rings (SSSR count). The molecule has 0 saturated heterocycles. The Hall–Kier alpha value is -4.32. The van der Waals surface area contributed by atoms with E-state index in [9.17, 15) is 10.1 Å². The van der Waals surface area contributed by atoms with E-state index in [-0.39, 0.29) is 6.10 Å². The van der Waals surface area contributed by atoms with E-state index in [4.69, 9.17) is 9.47 Å². The van der Waals surface area contributed by atoms with E-state index in [1.165, 1.54) is 6.33 Å². The zero-order valence-electron chi connectivity index (χ0n) is 19.9. The molecule has 2 heterocycles. The summed E-state index contributed by atoms with van der Waals surface area (Å²) in [4.78, 5) is 16.1. The van der Waals surface area contributed by atoms with E-state index in [2.05, 4.69) is 26.0 Å². The highest BCUT2D eigenvalue weighted by Gasteiger charge is 2.28. The van der Waals surface area contributed by atoms with Gasteiger partial charge in [-0.2, -0.15) is 15.3 Å². The van der Waals surface area contributed by atoms with Gasteiger partial charge in [-0.25, -0.2) is 9.48 Å². The number of amides is 1. The van der Waals surface area contributed by atoms with Crippen molar-refractivity contribution in [1.82, 2.24) is 19.3 Å². The molecule has 9 heteroatoms. The van der Waals surface area contributed by atoms with Crippen LogP contribution in [0.1, 0.15) is 44.7 Å². The third-order valence-electron chi connectivity index (χ3n) is 6.15. The Bertz CT molecular complexity index is 1420. The number of benzene rings is 2. The Labute approximate surface area is 202 Å². The van der Waals surface area contributed by atoms with Gasteiger partial charge in [0.05, 0.1) is 22.9 Å². The SMILES string of the molecule is CC(C)OC(=O)Nc1ccc(-c2c(C#N)c3ccc(Oc4ncnn4C)cc3n2C2CCC2)cc1. The molecule has 0 unspecified atom stereocenters. The van der Waals surface area contributed by atoms with Gasteiger partial charge < -0.3 is 14.0 Å². The first-order valence-corrected chi connectivity index (χ1v) is 11.6. The molecule has 178 valence electrons. The van der Waals surface area contributed by atoms with Gasteiger partial charge >= 0.3 is 12.1 Å². The number of aryl methyl sites for hydroxylation is 1. The molecule has 0 atom stereocenters. The third kappa shape index (κ3) is 4.30. The smallest absolute Gasteiger partial charge is 0.411 e. The molecule has 2 aromatic carbocycles. The molecule has 0 aliphatic heterocycles. The molecule has 0 bridgehead atoms. The fourth-order valence-electron chi connectivity index (χ4n) is 4.33. The Morgan fingerprint density at radius 3 is 2.57 bits per heavy atom. The number of hydrogen-bond donors (Lipinski definition) is 1. The van der Waals surface area contributed by atoms with E-state index >= 15 is 0 Å². The van der Waals surface area contributed by atoms with E-state index < -0.39 is 6.09 Å². The summed E-state index contributed by atoms with van der Waals surface area (Å²) >= 11 is 0. The maximum Gasteiger partial charge on any atom is 0.411 e. The van der Waals surface area contributed by atoms with Crippen LogP contribution in [0.5, 0.6) is 11.8 Å². The molecule has 2 aromatic heterocycles. The fourth-order valence-corrected chi connectivity index (χ4v) is 4.33. The van der Waals surface area contributed by atoms with Crippen LogP contribution in [0.2, 0.25) is 0 Å². The number of hydrogen-bond acceptors (Lipinski definition) is 6. The average molecular weight is 471 g/mol. The zero-order valence-corrected chi connectivity index (χ0v) is 19.9. The number of nitriles is 1. The van der Waals surface area contributed by atoms with Crippen molar-refractivity contribution < 1.29 is 14.3 Å². The molecule has 35 heavy (non-hydrogen) atoms.